The van der Waals surface area contributed by atoms with Crippen LogP contribution in [0.2, 0.25) is 0 Å². The summed E-state index contributed by atoms with van der Waals surface area (Å²) in [6, 6.07) is 7.41. The van der Waals surface area contributed by atoms with Crippen molar-refractivity contribution in [2.45, 2.75) is 13.8 Å². The quantitative estimate of drug-likeness (QED) is 0.538. The van der Waals surface area contributed by atoms with Gasteiger partial charge in [-0.1, -0.05) is 36.1 Å². The summed E-state index contributed by atoms with van der Waals surface area (Å²) in [5, 5.41) is 9.02. The Bertz CT molecular complexity index is 704. The van der Waals surface area contributed by atoms with Crippen molar-refractivity contribution in [2.75, 3.05) is 32.8 Å². The predicted octanol–water partition coefficient (Wildman–Crippen LogP) is 2.13. The van der Waals surface area contributed by atoms with Crippen LogP contribution < -0.4 is 4.74 Å². The topological polar surface area (TPSA) is 70.1 Å². The number of aliphatic hydroxyl groups excluding tert-OH is 1. The van der Waals surface area contributed by atoms with E-state index in [2.05, 4.69) is 0 Å². The molecule has 0 aliphatic carbocycles. The number of carbonyl (C=O) groups excluding carboxylic acids is 2. The lowest BCUT2D eigenvalue weighted by atomic mass is 10.2. The molecule has 0 bridgehead atoms. The van der Waals surface area contributed by atoms with E-state index < -0.39 is 0 Å². The lowest BCUT2D eigenvalue weighted by molar-refractivity contribution is -0.135. The highest BCUT2D eigenvalue weighted by atomic mass is 32.2. The van der Waals surface area contributed by atoms with Gasteiger partial charge in [0.2, 0.25) is 5.91 Å². The maximum absolute atomic E-state index is 12.6. The number of nitrogens with zero attached hydrogens (tertiary/aromatic N) is 2. The van der Waals surface area contributed by atoms with Gasteiger partial charge in [0.15, 0.2) is 0 Å². The maximum atomic E-state index is 12.6. The lowest BCUT2D eigenvalue weighted by Gasteiger charge is -2.22. The number of thiocarbonyl (C=S) groups is 1. The van der Waals surface area contributed by atoms with Crippen LogP contribution in [0.1, 0.15) is 19.4 Å². The molecule has 0 spiro atoms. The molecular formula is C18H22N2O4S2. The summed E-state index contributed by atoms with van der Waals surface area (Å²) < 4.78 is 5.76. The molecule has 2 rings (SSSR count). The predicted molar refractivity (Wildman–Crippen MR) is 107 cm³/mol. The van der Waals surface area contributed by atoms with Gasteiger partial charge in [-0.05, 0) is 37.6 Å². The number of ether oxygens (including phenoxy) is 1. The van der Waals surface area contributed by atoms with Crippen molar-refractivity contribution in [1.29, 1.82) is 0 Å². The van der Waals surface area contributed by atoms with Crippen LogP contribution in [0, 0.1) is 0 Å². The fraction of sp³-hybridized carbons (Fsp3) is 0.389. The zero-order valence-electron chi connectivity index (χ0n) is 14.8. The summed E-state index contributed by atoms with van der Waals surface area (Å²) in [5.74, 6) is 0.258. The molecule has 1 saturated heterocycles. The van der Waals surface area contributed by atoms with Gasteiger partial charge in [0, 0.05) is 13.1 Å². The molecule has 0 atom stereocenters. The van der Waals surface area contributed by atoms with Crippen molar-refractivity contribution in [3.8, 4) is 5.75 Å². The van der Waals surface area contributed by atoms with Crippen LogP contribution in [-0.4, -0.2) is 63.9 Å². The highest BCUT2D eigenvalue weighted by Gasteiger charge is 2.34. The SMILES string of the molecule is CCOc1ccc(/C=C2/SC(=S)N(CC(=O)N(CC)CCO)C2=O)cc1. The molecule has 1 fully saturated rings. The molecule has 0 aromatic heterocycles. The molecule has 1 aliphatic rings. The van der Waals surface area contributed by atoms with Crippen molar-refractivity contribution in [3.63, 3.8) is 0 Å². The lowest BCUT2D eigenvalue weighted by Crippen LogP contribution is -2.43. The van der Waals surface area contributed by atoms with Crippen LogP contribution in [0.3, 0.4) is 0 Å². The Morgan fingerprint density at radius 3 is 2.62 bits per heavy atom. The Labute approximate surface area is 162 Å². The average Bonchev–Trinajstić information content (AvgIpc) is 2.89. The minimum absolute atomic E-state index is 0.112. The number of aliphatic hydroxyl groups is 1. The summed E-state index contributed by atoms with van der Waals surface area (Å²) in [6.45, 7) is 4.82. The Kier molecular flexibility index (Phi) is 7.62. The molecule has 6 nitrogen and oxygen atoms in total. The molecule has 0 saturated carbocycles. The van der Waals surface area contributed by atoms with Crippen LogP contribution in [0.4, 0.5) is 0 Å². The van der Waals surface area contributed by atoms with Gasteiger partial charge in [0.1, 0.15) is 16.6 Å². The Balaban J connectivity index is 2.08. The zero-order chi connectivity index (χ0) is 19.1. The van der Waals surface area contributed by atoms with E-state index in [0.29, 0.717) is 22.4 Å². The molecule has 0 unspecified atom stereocenters. The van der Waals surface area contributed by atoms with Crippen molar-refractivity contribution in [3.05, 3.63) is 34.7 Å². The van der Waals surface area contributed by atoms with Gasteiger partial charge < -0.3 is 14.7 Å². The second-order valence-corrected chi connectivity index (χ2v) is 7.14. The summed E-state index contributed by atoms with van der Waals surface area (Å²) in [4.78, 5) is 28.2. The van der Waals surface area contributed by atoms with Gasteiger partial charge >= 0.3 is 0 Å². The first-order valence-electron chi connectivity index (χ1n) is 8.37. The van der Waals surface area contributed by atoms with E-state index in [-0.39, 0.29) is 31.5 Å². The van der Waals surface area contributed by atoms with Crippen LogP contribution in [-0.2, 0) is 9.59 Å². The largest absolute Gasteiger partial charge is 0.494 e. The molecule has 0 radical (unpaired) electrons. The van der Waals surface area contributed by atoms with Crippen LogP contribution >= 0.6 is 24.0 Å². The van der Waals surface area contributed by atoms with E-state index in [1.807, 2.05) is 38.1 Å². The van der Waals surface area contributed by atoms with Gasteiger partial charge in [-0.25, -0.2) is 0 Å². The smallest absolute Gasteiger partial charge is 0.266 e. The van der Waals surface area contributed by atoms with E-state index in [1.54, 1.807) is 6.08 Å². The molecule has 1 aromatic carbocycles. The van der Waals surface area contributed by atoms with Crippen molar-refractivity contribution >= 4 is 46.2 Å². The maximum Gasteiger partial charge on any atom is 0.266 e. The number of hydrogen-bond acceptors (Lipinski definition) is 6. The van der Waals surface area contributed by atoms with Gasteiger partial charge in [0.25, 0.3) is 5.91 Å². The number of benzene rings is 1. The first-order valence-corrected chi connectivity index (χ1v) is 9.59. The second-order valence-electron chi connectivity index (χ2n) is 5.47. The van der Waals surface area contributed by atoms with Gasteiger partial charge in [-0.3, -0.25) is 14.5 Å². The summed E-state index contributed by atoms with van der Waals surface area (Å²) in [7, 11) is 0. The summed E-state index contributed by atoms with van der Waals surface area (Å²) in [6.07, 6.45) is 1.75. The Morgan fingerprint density at radius 2 is 2.04 bits per heavy atom. The van der Waals surface area contributed by atoms with Crippen LogP contribution in [0.25, 0.3) is 6.08 Å². The Morgan fingerprint density at radius 1 is 1.35 bits per heavy atom. The number of thioether (sulfide) groups is 1. The summed E-state index contributed by atoms with van der Waals surface area (Å²) in [5.41, 5.74) is 0.857. The number of hydrogen-bond donors (Lipinski definition) is 1. The first-order chi connectivity index (χ1) is 12.5. The highest BCUT2D eigenvalue weighted by molar-refractivity contribution is 8.26. The standard InChI is InChI=1S/C18H22N2O4S2/c1-3-19(9-10-21)16(22)12-20-17(23)15(26-18(20)25)11-13-5-7-14(8-6-13)24-4-2/h5-8,11,21H,3-4,9-10,12H2,1-2H3/b15-11+. The third-order valence-electron chi connectivity index (χ3n) is 3.76. The molecule has 2 amide bonds. The first kappa shape index (κ1) is 20.4. The molecule has 1 N–H and O–H groups in total. The van der Waals surface area contributed by atoms with Gasteiger partial charge in [-0.15, -0.1) is 0 Å². The molecule has 1 aromatic rings. The molecule has 1 aliphatic heterocycles. The molecule has 26 heavy (non-hydrogen) atoms. The molecule has 1 heterocycles. The molecular weight excluding hydrogens is 372 g/mol. The zero-order valence-corrected chi connectivity index (χ0v) is 16.4. The van der Waals surface area contributed by atoms with Crippen molar-refractivity contribution < 1.29 is 19.4 Å². The van der Waals surface area contributed by atoms with E-state index in [9.17, 15) is 9.59 Å². The third-order valence-corrected chi connectivity index (χ3v) is 5.14. The van der Waals surface area contributed by atoms with E-state index >= 15 is 0 Å². The fourth-order valence-corrected chi connectivity index (χ4v) is 3.68. The van der Waals surface area contributed by atoms with E-state index in [0.717, 1.165) is 11.3 Å². The summed E-state index contributed by atoms with van der Waals surface area (Å²) >= 11 is 6.44. The fourth-order valence-electron chi connectivity index (χ4n) is 2.43. The van der Waals surface area contributed by atoms with Gasteiger partial charge in [-0.2, -0.15) is 0 Å². The molecule has 140 valence electrons. The highest BCUT2D eigenvalue weighted by Crippen LogP contribution is 2.32. The normalized spacial score (nSPS) is 15.7. The van der Waals surface area contributed by atoms with E-state index in [1.165, 1.54) is 21.6 Å². The van der Waals surface area contributed by atoms with Crippen LogP contribution in [0.5, 0.6) is 5.75 Å². The minimum atomic E-state index is -0.276. The monoisotopic (exact) mass is 394 g/mol. The van der Waals surface area contributed by atoms with Crippen LogP contribution in [0.15, 0.2) is 29.2 Å². The third kappa shape index (κ3) is 5.06. The number of amides is 2. The average molecular weight is 395 g/mol. The van der Waals surface area contributed by atoms with Crippen molar-refractivity contribution in [1.82, 2.24) is 9.80 Å². The van der Waals surface area contributed by atoms with E-state index in [4.69, 9.17) is 22.1 Å². The second kappa shape index (κ2) is 9.70. The number of rotatable bonds is 8. The number of likely N-dealkylation sites (N-methyl/N-ethyl adjacent to an activating group) is 1. The van der Waals surface area contributed by atoms with Crippen molar-refractivity contribution in [2.24, 2.45) is 0 Å². The molecule has 8 heteroatoms. The van der Waals surface area contributed by atoms with Gasteiger partial charge in [0.05, 0.1) is 18.1 Å². The number of carbonyl (C=O) groups is 2. The Hall–Kier alpha value is -1.90. The minimum Gasteiger partial charge on any atom is -0.494 e.